The summed E-state index contributed by atoms with van der Waals surface area (Å²) >= 11 is 0. The van der Waals surface area contributed by atoms with Gasteiger partial charge in [-0.25, -0.2) is 9.59 Å². The first-order chi connectivity index (χ1) is 9.69. The van der Waals surface area contributed by atoms with E-state index in [0.717, 1.165) is 0 Å². The van der Waals surface area contributed by atoms with Crippen molar-refractivity contribution in [1.29, 1.82) is 0 Å². The first kappa shape index (κ1) is 14.0. The molecule has 0 aliphatic rings. The Hall–Kier alpha value is -2.44. The van der Waals surface area contributed by atoms with E-state index in [4.69, 9.17) is 10.2 Å². The summed E-state index contributed by atoms with van der Waals surface area (Å²) in [5.74, 6) is -1.38. The Balaban J connectivity index is 2.58. The summed E-state index contributed by atoms with van der Waals surface area (Å²) in [5.41, 5.74) is 0.463. The largest absolute Gasteiger partial charge is 0.435 e. The second kappa shape index (κ2) is 6.14. The van der Waals surface area contributed by atoms with Crippen LogP contribution in [0.4, 0.5) is 0 Å². The molecule has 0 saturated carbocycles. The van der Waals surface area contributed by atoms with Gasteiger partial charge >= 0.3 is 11.9 Å². The second-order valence-corrected chi connectivity index (χ2v) is 3.83. The zero-order chi connectivity index (χ0) is 14.5. The van der Waals surface area contributed by atoms with Crippen LogP contribution in [0.1, 0.15) is 20.7 Å². The average Bonchev–Trinajstić information content (AvgIpc) is 2.46. The highest BCUT2D eigenvalue weighted by Gasteiger charge is 2.17. The minimum atomic E-state index is -0.721. The van der Waals surface area contributed by atoms with Gasteiger partial charge in [0, 0.05) is 0 Å². The Labute approximate surface area is 114 Å². The summed E-state index contributed by atoms with van der Waals surface area (Å²) in [6.45, 7) is -1.44. The number of rotatable bonds is 4. The zero-order valence-corrected chi connectivity index (χ0v) is 10.4. The Morgan fingerprint density at radius 1 is 0.800 bits per heavy atom. The van der Waals surface area contributed by atoms with Crippen molar-refractivity contribution in [2.45, 2.75) is 0 Å². The van der Waals surface area contributed by atoms with Gasteiger partial charge in [-0.1, -0.05) is 24.3 Å². The van der Waals surface area contributed by atoms with Gasteiger partial charge in [0.05, 0.1) is 11.1 Å². The van der Waals surface area contributed by atoms with Gasteiger partial charge in [-0.3, -0.25) is 0 Å². The maximum absolute atomic E-state index is 11.7. The van der Waals surface area contributed by atoms with Gasteiger partial charge in [-0.15, -0.1) is 0 Å². The number of aliphatic hydroxyl groups excluding tert-OH is 2. The minimum absolute atomic E-state index is 0.232. The summed E-state index contributed by atoms with van der Waals surface area (Å²) in [6, 6.07) is 9.54. The first-order valence-corrected chi connectivity index (χ1v) is 5.76. The van der Waals surface area contributed by atoms with Crippen molar-refractivity contribution in [3.63, 3.8) is 0 Å². The fourth-order valence-corrected chi connectivity index (χ4v) is 1.93. The lowest BCUT2D eigenvalue weighted by atomic mass is 9.99. The predicted octanol–water partition coefficient (Wildman–Crippen LogP) is 1.05. The van der Waals surface area contributed by atoms with E-state index in [0.29, 0.717) is 10.8 Å². The molecule has 6 heteroatoms. The summed E-state index contributed by atoms with van der Waals surface area (Å²) < 4.78 is 9.09. The third-order valence-corrected chi connectivity index (χ3v) is 2.76. The second-order valence-electron chi connectivity index (χ2n) is 3.83. The van der Waals surface area contributed by atoms with E-state index in [1.807, 2.05) is 0 Å². The fraction of sp³-hybridized carbons (Fsp3) is 0.143. The van der Waals surface area contributed by atoms with Crippen LogP contribution in [0.2, 0.25) is 0 Å². The van der Waals surface area contributed by atoms with Gasteiger partial charge in [0.25, 0.3) is 0 Å². The van der Waals surface area contributed by atoms with Crippen LogP contribution in [0.5, 0.6) is 0 Å². The minimum Gasteiger partial charge on any atom is -0.435 e. The topological polar surface area (TPSA) is 93.1 Å². The molecular formula is C14H12O6. The van der Waals surface area contributed by atoms with Crippen LogP contribution >= 0.6 is 0 Å². The average molecular weight is 276 g/mol. The van der Waals surface area contributed by atoms with Crippen molar-refractivity contribution >= 4 is 22.7 Å². The number of ether oxygens (including phenoxy) is 2. The number of fused-ring (bicyclic) bond motifs is 1. The molecular weight excluding hydrogens is 264 g/mol. The molecule has 2 aromatic carbocycles. The molecule has 0 spiro atoms. The molecule has 0 bridgehead atoms. The van der Waals surface area contributed by atoms with E-state index in [1.54, 1.807) is 24.3 Å². The van der Waals surface area contributed by atoms with E-state index in [9.17, 15) is 9.59 Å². The van der Waals surface area contributed by atoms with Crippen LogP contribution in [-0.2, 0) is 9.47 Å². The number of carbonyl (C=O) groups excluding carboxylic acids is 2. The van der Waals surface area contributed by atoms with Crippen LogP contribution in [0.25, 0.3) is 10.8 Å². The van der Waals surface area contributed by atoms with Crippen molar-refractivity contribution in [2.75, 3.05) is 13.6 Å². The van der Waals surface area contributed by atoms with E-state index < -0.39 is 25.5 Å². The van der Waals surface area contributed by atoms with Gasteiger partial charge < -0.3 is 19.7 Å². The van der Waals surface area contributed by atoms with Crippen LogP contribution in [0.15, 0.2) is 36.4 Å². The molecule has 0 fully saturated rings. The van der Waals surface area contributed by atoms with E-state index in [-0.39, 0.29) is 11.1 Å². The summed E-state index contributed by atoms with van der Waals surface area (Å²) in [5, 5.41) is 18.3. The third kappa shape index (κ3) is 2.61. The molecule has 20 heavy (non-hydrogen) atoms. The molecule has 2 aromatic rings. The van der Waals surface area contributed by atoms with Crippen LogP contribution in [0.3, 0.4) is 0 Å². The van der Waals surface area contributed by atoms with Crippen molar-refractivity contribution in [3.8, 4) is 0 Å². The van der Waals surface area contributed by atoms with Gasteiger partial charge in [0.2, 0.25) is 0 Å². The fourth-order valence-electron chi connectivity index (χ4n) is 1.93. The van der Waals surface area contributed by atoms with E-state index >= 15 is 0 Å². The van der Waals surface area contributed by atoms with Crippen LogP contribution in [0, 0.1) is 0 Å². The molecule has 104 valence electrons. The van der Waals surface area contributed by atoms with Gasteiger partial charge in [0.15, 0.2) is 13.6 Å². The molecule has 6 nitrogen and oxygen atoms in total. The normalized spacial score (nSPS) is 10.3. The van der Waals surface area contributed by atoms with Crippen molar-refractivity contribution in [2.24, 2.45) is 0 Å². The molecule has 0 aromatic heterocycles. The lowest BCUT2D eigenvalue weighted by molar-refractivity contribution is 0.00553. The number of hydrogen-bond acceptors (Lipinski definition) is 6. The summed E-state index contributed by atoms with van der Waals surface area (Å²) in [4.78, 5) is 23.5. The Kier molecular flexibility index (Phi) is 4.29. The molecule has 0 atom stereocenters. The molecule has 2 N–H and O–H groups in total. The molecule has 0 aliphatic heterocycles. The zero-order valence-electron chi connectivity index (χ0n) is 10.4. The molecule has 0 saturated heterocycles. The number of aliphatic hydroxyl groups is 2. The summed E-state index contributed by atoms with van der Waals surface area (Å²) in [7, 11) is 0. The maximum Gasteiger partial charge on any atom is 0.340 e. The molecule has 0 unspecified atom stereocenters. The number of benzene rings is 2. The quantitative estimate of drug-likeness (QED) is 0.640. The Bertz CT molecular complexity index is 593. The van der Waals surface area contributed by atoms with E-state index in [2.05, 4.69) is 9.47 Å². The lowest BCUT2D eigenvalue weighted by Crippen LogP contribution is -2.10. The number of hydrogen-bond donors (Lipinski definition) is 2. The van der Waals surface area contributed by atoms with Gasteiger partial charge in [0.1, 0.15) is 0 Å². The van der Waals surface area contributed by atoms with Gasteiger partial charge in [-0.05, 0) is 22.9 Å². The van der Waals surface area contributed by atoms with Crippen molar-refractivity contribution in [1.82, 2.24) is 0 Å². The van der Waals surface area contributed by atoms with Crippen LogP contribution < -0.4 is 0 Å². The Morgan fingerprint density at radius 3 is 1.55 bits per heavy atom. The van der Waals surface area contributed by atoms with Gasteiger partial charge in [-0.2, -0.15) is 0 Å². The molecule has 0 heterocycles. The highest BCUT2D eigenvalue weighted by atomic mass is 16.6. The standard InChI is InChI=1S/C14H12O6/c15-7-19-13(17)11-5-6-12(14(18)20-8-16)10-4-2-1-3-9(10)11/h1-6,15-16H,7-8H2. The molecule has 0 radical (unpaired) electrons. The maximum atomic E-state index is 11.7. The van der Waals surface area contributed by atoms with Crippen molar-refractivity contribution < 1.29 is 29.3 Å². The third-order valence-electron chi connectivity index (χ3n) is 2.76. The monoisotopic (exact) mass is 276 g/mol. The van der Waals surface area contributed by atoms with Crippen molar-refractivity contribution in [3.05, 3.63) is 47.5 Å². The smallest absolute Gasteiger partial charge is 0.340 e. The number of carbonyl (C=O) groups is 2. The van der Waals surface area contributed by atoms with Crippen LogP contribution in [-0.4, -0.2) is 35.7 Å². The molecule has 2 rings (SSSR count). The highest BCUT2D eigenvalue weighted by Crippen LogP contribution is 2.24. The summed E-state index contributed by atoms with van der Waals surface area (Å²) in [6.07, 6.45) is 0. The lowest BCUT2D eigenvalue weighted by Gasteiger charge is -2.09. The SMILES string of the molecule is O=C(OCO)c1ccc(C(=O)OCO)c2ccccc12. The highest BCUT2D eigenvalue weighted by molar-refractivity contribution is 6.11. The molecule has 0 aliphatic carbocycles. The number of esters is 2. The predicted molar refractivity (Wildman–Crippen MR) is 69.0 cm³/mol. The van der Waals surface area contributed by atoms with E-state index in [1.165, 1.54) is 12.1 Å². The first-order valence-electron chi connectivity index (χ1n) is 5.76. The Morgan fingerprint density at radius 2 is 1.20 bits per heavy atom. The molecule has 0 amide bonds.